The molecule has 2 atom stereocenters. The molecule has 0 amide bonds. The highest BCUT2D eigenvalue weighted by Crippen LogP contribution is 2.27. The van der Waals surface area contributed by atoms with E-state index in [9.17, 15) is 4.79 Å². The molecule has 6 heteroatoms. The quantitative estimate of drug-likeness (QED) is 0.836. The van der Waals surface area contributed by atoms with Crippen LogP contribution in [0.5, 0.6) is 0 Å². The van der Waals surface area contributed by atoms with Gasteiger partial charge >= 0.3 is 5.97 Å². The molecule has 1 saturated carbocycles. The zero-order valence-corrected chi connectivity index (χ0v) is 9.83. The first-order chi connectivity index (χ1) is 8.70. The van der Waals surface area contributed by atoms with Crippen LogP contribution in [-0.4, -0.2) is 27.3 Å². The summed E-state index contributed by atoms with van der Waals surface area (Å²) >= 11 is 0. The van der Waals surface area contributed by atoms with Gasteiger partial charge in [0.1, 0.15) is 6.07 Å². The fraction of sp³-hybridized carbons (Fsp3) is 0.500. The van der Waals surface area contributed by atoms with Crippen LogP contribution in [0.4, 0.5) is 5.82 Å². The molecule has 1 aromatic rings. The molecule has 0 radical (unpaired) electrons. The summed E-state index contributed by atoms with van der Waals surface area (Å²) in [7, 11) is 0. The van der Waals surface area contributed by atoms with Gasteiger partial charge in [-0.25, -0.2) is 0 Å². The standard InChI is InChI=1S/C12H14N4O2/c13-7-9-4-5-14-16-11(9)15-10-3-1-2-8(6-10)12(17)18/h4-5,8,10H,1-3,6H2,(H,15,16)(H,17,18). The van der Waals surface area contributed by atoms with Crippen molar-refractivity contribution in [3.8, 4) is 6.07 Å². The number of hydrogen-bond donors (Lipinski definition) is 2. The Morgan fingerprint density at radius 1 is 1.56 bits per heavy atom. The minimum atomic E-state index is -0.749. The molecule has 1 aliphatic rings. The maximum Gasteiger partial charge on any atom is 0.306 e. The van der Waals surface area contributed by atoms with Crippen molar-refractivity contribution in [1.82, 2.24) is 10.2 Å². The van der Waals surface area contributed by atoms with Gasteiger partial charge in [0.05, 0.1) is 17.7 Å². The van der Waals surface area contributed by atoms with Gasteiger partial charge in [-0.05, 0) is 25.3 Å². The average molecular weight is 246 g/mol. The molecule has 0 aliphatic heterocycles. The van der Waals surface area contributed by atoms with Crippen molar-refractivity contribution in [2.75, 3.05) is 5.32 Å². The van der Waals surface area contributed by atoms with E-state index in [-0.39, 0.29) is 12.0 Å². The molecule has 1 aromatic heterocycles. The van der Waals surface area contributed by atoms with E-state index in [0.29, 0.717) is 17.8 Å². The van der Waals surface area contributed by atoms with Crippen molar-refractivity contribution >= 4 is 11.8 Å². The summed E-state index contributed by atoms with van der Waals surface area (Å²) in [4.78, 5) is 11.0. The molecule has 2 unspecified atom stereocenters. The highest BCUT2D eigenvalue weighted by molar-refractivity contribution is 5.70. The fourth-order valence-electron chi connectivity index (χ4n) is 2.27. The van der Waals surface area contributed by atoms with Crippen molar-refractivity contribution in [2.45, 2.75) is 31.7 Å². The normalized spacial score (nSPS) is 23.1. The Hall–Kier alpha value is -2.16. The Bertz CT molecular complexity index is 483. The van der Waals surface area contributed by atoms with Gasteiger partial charge in [0.2, 0.25) is 0 Å². The summed E-state index contributed by atoms with van der Waals surface area (Å²) in [5.41, 5.74) is 0.433. The number of nitrogens with zero attached hydrogens (tertiary/aromatic N) is 3. The predicted octanol–water partition coefficient (Wildman–Crippen LogP) is 1.40. The van der Waals surface area contributed by atoms with Crippen LogP contribution < -0.4 is 5.32 Å². The summed E-state index contributed by atoms with van der Waals surface area (Å²) in [6, 6.07) is 3.67. The number of aromatic nitrogens is 2. The summed E-state index contributed by atoms with van der Waals surface area (Å²) < 4.78 is 0. The molecule has 1 fully saturated rings. The number of carboxylic acid groups (broad SMARTS) is 1. The number of carboxylic acids is 1. The van der Waals surface area contributed by atoms with Gasteiger partial charge in [-0.3, -0.25) is 4.79 Å². The van der Waals surface area contributed by atoms with Crippen molar-refractivity contribution in [3.05, 3.63) is 17.8 Å². The Morgan fingerprint density at radius 2 is 2.39 bits per heavy atom. The van der Waals surface area contributed by atoms with Crippen LogP contribution >= 0.6 is 0 Å². The molecule has 0 bridgehead atoms. The third-order valence-corrected chi connectivity index (χ3v) is 3.21. The topological polar surface area (TPSA) is 98.9 Å². The van der Waals surface area contributed by atoms with Crippen molar-refractivity contribution in [3.63, 3.8) is 0 Å². The number of carbonyl (C=O) groups is 1. The molecule has 0 saturated heterocycles. The number of aliphatic carboxylic acids is 1. The lowest BCUT2D eigenvalue weighted by molar-refractivity contribution is -0.142. The minimum absolute atomic E-state index is 0.0450. The lowest BCUT2D eigenvalue weighted by atomic mass is 9.86. The molecular weight excluding hydrogens is 232 g/mol. The van der Waals surface area contributed by atoms with E-state index >= 15 is 0 Å². The van der Waals surface area contributed by atoms with Crippen LogP contribution in [-0.2, 0) is 4.79 Å². The first-order valence-electron chi connectivity index (χ1n) is 5.92. The van der Waals surface area contributed by atoms with Gasteiger partial charge in [0, 0.05) is 6.04 Å². The largest absolute Gasteiger partial charge is 0.481 e. The Labute approximate surface area is 105 Å². The Kier molecular flexibility index (Phi) is 3.72. The lowest BCUT2D eigenvalue weighted by Gasteiger charge is -2.27. The molecular formula is C12H14N4O2. The third-order valence-electron chi connectivity index (χ3n) is 3.21. The molecule has 0 aromatic carbocycles. The van der Waals surface area contributed by atoms with Gasteiger partial charge in [-0.1, -0.05) is 6.42 Å². The molecule has 2 rings (SSSR count). The molecule has 94 valence electrons. The highest BCUT2D eigenvalue weighted by Gasteiger charge is 2.27. The number of hydrogen-bond acceptors (Lipinski definition) is 5. The van der Waals surface area contributed by atoms with E-state index in [4.69, 9.17) is 10.4 Å². The number of nitrogens with one attached hydrogen (secondary N) is 1. The Balaban J connectivity index is 2.05. The van der Waals surface area contributed by atoms with E-state index in [2.05, 4.69) is 15.5 Å². The summed E-state index contributed by atoms with van der Waals surface area (Å²) in [5.74, 6) is -0.615. The molecule has 1 heterocycles. The minimum Gasteiger partial charge on any atom is -0.481 e. The van der Waals surface area contributed by atoms with Gasteiger partial charge < -0.3 is 10.4 Å². The van der Waals surface area contributed by atoms with E-state index < -0.39 is 5.97 Å². The highest BCUT2D eigenvalue weighted by atomic mass is 16.4. The van der Waals surface area contributed by atoms with Gasteiger partial charge in [0.15, 0.2) is 5.82 Å². The van der Waals surface area contributed by atoms with Crippen LogP contribution in [0, 0.1) is 17.2 Å². The van der Waals surface area contributed by atoms with Crippen molar-refractivity contribution in [1.29, 1.82) is 5.26 Å². The van der Waals surface area contributed by atoms with Gasteiger partial charge in [-0.15, -0.1) is 5.10 Å². The zero-order chi connectivity index (χ0) is 13.0. The smallest absolute Gasteiger partial charge is 0.306 e. The average Bonchev–Trinajstić information content (AvgIpc) is 2.39. The van der Waals surface area contributed by atoms with Gasteiger partial charge in [-0.2, -0.15) is 10.4 Å². The molecule has 2 N–H and O–H groups in total. The fourth-order valence-corrected chi connectivity index (χ4v) is 2.27. The monoisotopic (exact) mass is 246 g/mol. The molecule has 6 nitrogen and oxygen atoms in total. The van der Waals surface area contributed by atoms with E-state index in [1.165, 1.54) is 6.20 Å². The second-order valence-electron chi connectivity index (χ2n) is 4.45. The SMILES string of the molecule is N#Cc1ccnnc1NC1CCCC(C(=O)O)C1. The van der Waals surface area contributed by atoms with Gasteiger partial charge in [0.25, 0.3) is 0 Å². The van der Waals surface area contributed by atoms with Crippen molar-refractivity contribution in [2.24, 2.45) is 5.92 Å². The summed E-state index contributed by atoms with van der Waals surface area (Å²) in [5, 5.41) is 28.7. The van der Waals surface area contributed by atoms with Crippen LogP contribution in [0.1, 0.15) is 31.2 Å². The first kappa shape index (κ1) is 12.3. The lowest BCUT2D eigenvalue weighted by Crippen LogP contribution is -2.31. The van der Waals surface area contributed by atoms with E-state index in [0.717, 1.165) is 19.3 Å². The molecule has 18 heavy (non-hydrogen) atoms. The third kappa shape index (κ3) is 2.74. The summed E-state index contributed by atoms with van der Waals surface area (Å²) in [6.07, 6.45) is 4.52. The first-order valence-corrected chi connectivity index (χ1v) is 5.92. The second-order valence-corrected chi connectivity index (χ2v) is 4.45. The number of anilines is 1. The summed E-state index contributed by atoms with van der Waals surface area (Å²) in [6.45, 7) is 0. The van der Waals surface area contributed by atoms with Crippen LogP contribution in [0.25, 0.3) is 0 Å². The number of nitriles is 1. The number of rotatable bonds is 3. The van der Waals surface area contributed by atoms with Crippen LogP contribution in [0.15, 0.2) is 12.3 Å². The molecule has 1 aliphatic carbocycles. The Morgan fingerprint density at radius 3 is 3.11 bits per heavy atom. The second kappa shape index (κ2) is 5.45. The zero-order valence-electron chi connectivity index (χ0n) is 9.83. The van der Waals surface area contributed by atoms with E-state index in [1.54, 1.807) is 6.07 Å². The van der Waals surface area contributed by atoms with Crippen LogP contribution in [0.3, 0.4) is 0 Å². The van der Waals surface area contributed by atoms with E-state index in [1.807, 2.05) is 6.07 Å². The van der Waals surface area contributed by atoms with Crippen molar-refractivity contribution < 1.29 is 9.90 Å². The maximum absolute atomic E-state index is 11.0. The van der Waals surface area contributed by atoms with Crippen LogP contribution in [0.2, 0.25) is 0 Å². The molecule has 0 spiro atoms. The maximum atomic E-state index is 11.0. The predicted molar refractivity (Wildman–Crippen MR) is 63.8 cm³/mol.